The van der Waals surface area contributed by atoms with Crippen LogP contribution in [0.3, 0.4) is 0 Å². The number of nitrogens with zero attached hydrogens (tertiary/aromatic N) is 4. The van der Waals surface area contributed by atoms with Crippen LogP contribution in [0.25, 0.3) is 5.69 Å². The highest BCUT2D eigenvalue weighted by Crippen LogP contribution is 2.88. The molecule has 4 saturated carbocycles. The minimum absolute atomic E-state index is 0.0409. The van der Waals surface area contributed by atoms with Crippen LogP contribution in [0.4, 0.5) is 0 Å². The number of amides is 5. The molecule has 3 heterocycles. The first-order valence-corrected chi connectivity index (χ1v) is 24.0. The van der Waals surface area contributed by atoms with E-state index in [1.165, 1.54) is 10.5 Å². The van der Waals surface area contributed by atoms with Gasteiger partial charge in [0, 0.05) is 37.2 Å². The van der Waals surface area contributed by atoms with Gasteiger partial charge >= 0.3 is 10.2 Å². The maximum Gasteiger partial charge on any atom is 0.303 e. The summed E-state index contributed by atoms with van der Waals surface area (Å²) in [5.41, 5.74) is -1.84. The third-order valence-corrected chi connectivity index (χ3v) is 17.5. The molecular formula is C46H64N8O7S. The summed E-state index contributed by atoms with van der Waals surface area (Å²) in [4.78, 5) is 74.1. The minimum atomic E-state index is -4.12. The van der Waals surface area contributed by atoms with Crippen LogP contribution >= 0.6 is 0 Å². The van der Waals surface area contributed by atoms with E-state index in [0.29, 0.717) is 44.5 Å². The van der Waals surface area contributed by atoms with Crippen LogP contribution in [0.15, 0.2) is 55.4 Å². The number of likely N-dealkylation sites (tertiary alicyclic amines) is 1. The Kier molecular flexibility index (Phi) is 11.3. The predicted octanol–water partition coefficient (Wildman–Crippen LogP) is 4.40. The summed E-state index contributed by atoms with van der Waals surface area (Å²) in [6.07, 6.45) is 14.0. The monoisotopic (exact) mass is 872 g/mol. The second-order valence-electron chi connectivity index (χ2n) is 20.5. The van der Waals surface area contributed by atoms with Crippen molar-refractivity contribution in [1.82, 2.24) is 39.7 Å². The van der Waals surface area contributed by atoms with Crippen molar-refractivity contribution < 1.29 is 32.4 Å². The smallest absolute Gasteiger partial charge is 0.303 e. The van der Waals surface area contributed by atoms with E-state index in [2.05, 4.69) is 46.2 Å². The molecule has 0 radical (unpaired) electrons. The van der Waals surface area contributed by atoms with Crippen LogP contribution in [0.5, 0.6) is 0 Å². The van der Waals surface area contributed by atoms with Gasteiger partial charge in [0.1, 0.15) is 23.7 Å². The summed E-state index contributed by atoms with van der Waals surface area (Å²) in [6, 6.07) is 6.44. The number of nitrogens with one attached hydrogen (secondary N) is 4. The number of hydrogen-bond acceptors (Lipinski definition) is 8. The molecule has 2 aromatic rings. The maximum atomic E-state index is 15.3. The van der Waals surface area contributed by atoms with Crippen LogP contribution in [0, 0.1) is 33.5 Å². The Labute approximate surface area is 365 Å². The van der Waals surface area contributed by atoms with E-state index >= 15 is 4.79 Å². The third-order valence-electron chi connectivity index (χ3n) is 16.0. The fourth-order valence-corrected chi connectivity index (χ4v) is 13.2. The lowest BCUT2D eigenvalue weighted by Crippen LogP contribution is -2.62. The van der Waals surface area contributed by atoms with E-state index in [4.69, 9.17) is 0 Å². The fourth-order valence-electron chi connectivity index (χ4n) is 11.9. The molecule has 6 atom stereocenters. The van der Waals surface area contributed by atoms with E-state index < -0.39 is 74.7 Å². The van der Waals surface area contributed by atoms with Gasteiger partial charge in [-0.1, -0.05) is 84.6 Å². The zero-order valence-corrected chi connectivity index (χ0v) is 37.7. The summed E-state index contributed by atoms with van der Waals surface area (Å²) >= 11 is 0. The van der Waals surface area contributed by atoms with Gasteiger partial charge < -0.3 is 20.9 Å². The lowest BCUT2D eigenvalue weighted by atomic mass is 9.73. The molecule has 5 amide bonds. The molecule has 6 aliphatic rings. The van der Waals surface area contributed by atoms with E-state index in [1.807, 2.05) is 51.1 Å². The van der Waals surface area contributed by atoms with Crippen LogP contribution in [-0.4, -0.2) is 100 Å². The molecule has 1 unspecified atom stereocenters. The van der Waals surface area contributed by atoms with Crippen molar-refractivity contribution in [2.45, 2.75) is 135 Å². The Morgan fingerprint density at radius 1 is 0.903 bits per heavy atom. The van der Waals surface area contributed by atoms with Gasteiger partial charge in [-0.3, -0.25) is 24.0 Å². The molecule has 4 N–H and O–H groups in total. The Morgan fingerprint density at radius 2 is 1.58 bits per heavy atom. The Hall–Kier alpha value is -4.57. The first kappa shape index (κ1) is 44.1. The number of carbonyl (C=O) groups excluding carboxylic acids is 5. The number of aromatic nitrogens is 2. The largest absolute Gasteiger partial charge is 0.342 e. The average molecular weight is 873 g/mol. The van der Waals surface area contributed by atoms with Crippen molar-refractivity contribution in [3.8, 4) is 5.69 Å². The Balaban J connectivity index is 1.05. The van der Waals surface area contributed by atoms with Gasteiger partial charge in [0.05, 0.1) is 17.4 Å². The minimum Gasteiger partial charge on any atom is -0.342 e. The van der Waals surface area contributed by atoms with Crippen molar-refractivity contribution in [2.75, 3.05) is 19.6 Å². The highest BCUT2D eigenvalue weighted by molar-refractivity contribution is 7.87. The predicted molar refractivity (Wildman–Crippen MR) is 232 cm³/mol. The van der Waals surface area contributed by atoms with E-state index in [9.17, 15) is 27.6 Å². The second-order valence-corrected chi connectivity index (χ2v) is 22.2. The van der Waals surface area contributed by atoms with Gasteiger partial charge in [0.15, 0.2) is 0 Å². The Bertz CT molecular complexity index is 2220. The van der Waals surface area contributed by atoms with Crippen LogP contribution in [0.1, 0.15) is 122 Å². The zero-order valence-electron chi connectivity index (χ0n) is 36.9. The van der Waals surface area contributed by atoms with Crippen molar-refractivity contribution >= 4 is 39.7 Å². The third kappa shape index (κ3) is 7.35. The molecule has 2 aliphatic heterocycles. The molecule has 16 heteroatoms. The molecule has 15 nitrogen and oxygen atoms in total. The number of fused-ring (bicyclic) bond motifs is 1. The lowest BCUT2D eigenvalue weighted by molar-refractivity contribution is -0.145. The van der Waals surface area contributed by atoms with Gasteiger partial charge in [-0.15, -0.1) is 6.58 Å². The zero-order chi connectivity index (χ0) is 44.5. The summed E-state index contributed by atoms with van der Waals surface area (Å²) in [7, 11) is -4.12. The van der Waals surface area contributed by atoms with E-state index in [-0.39, 0.29) is 28.6 Å². The summed E-state index contributed by atoms with van der Waals surface area (Å²) in [6.45, 7) is 14.8. The fraction of sp³-hybridized carbons (Fsp3) is 0.652. The standard InChI is InChI=1S/C46H64N8O7S/c1-7-32-25-46(32,41(59)51-62(60,61)52-23-14-15-24-52)50-38(56)34-26-45(43(5,6)44(45)21-16-22-44)29-53(34)40(58)36(42(2,3)4)49-39(57)35(30-17-10-8-11-18-30)48-37(55)31-27-47-54(28-31)33-19-12-9-13-20-33/h7,9,12-13,19-20,27-28,30,32,34-36H,1,8,10-11,14-18,21-26,29H2,2-6H3,(H,48,55)(H,49,57)(H,50,56)(H,51,59)/t32-,34+,35?,36-,45-,46-/m1/s1. The summed E-state index contributed by atoms with van der Waals surface area (Å²) in [5.74, 6) is -3.33. The van der Waals surface area contributed by atoms with Crippen LogP contribution in [-0.2, 0) is 29.4 Å². The lowest BCUT2D eigenvalue weighted by Gasteiger charge is -2.38. The highest BCUT2D eigenvalue weighted by atomic mass is 32.2. The molecule has 2 saturated heterocycles. The number of carbonyl (C=O) groups is 5. The highest BCUT2D eigenvalue weighted by Gasteiger charge is 2.85. The molecule has 0 bridgehead atoms. The Morgan fingerprint density at radius 3 is 2.16 bits per heavy atom. The molecule has 62 heavy (non-hydrogen) atoms. The van der Waals surface area contributed by atoms with Gasteiger partial charge in [0.25, 0.3) is 11.8 Å². The average Bonchev–Trinajstić information content (AvgIpc) is 3.63. The quantitative estimate of drug-likeness (QED) is 0.213. The molecule has 4 aliphatic carbocycles. The first-order valence-electron chi connectivity index (χ1n) is 22.6. The van der Waals surface area contributed by atoms with Crippen LogP contribution in [0.2, 0.25) is 0 Å². The second kappa shape index (κ2) is 15.9. The van der Waals surface area contributed by atoms with Crippen molar-refractivity contribution in [2.24, 2.45) is 33.5 Å². The molecule has 8 rings (SSSR count). The summed E-state index contributed by atoms with van der Waals surface area (Å²) < 4.78 is 31.5. The maximum absolute atomic E-state index is 15.3. The van der Waals surface area contributed by atoms with Crippen molar-refractivity contribution in [3.05, 3.63) is 60.9 Å². The number of benzene rings is 1. The normalized spacial score (nSPS) is 28.7. The topological polar surface area (TPSA) is 192 Å². The molecule has 1 aromatic carbocycles. The molecular weight excluding hydrogens is 809 g/mol. The SMILES string of the molecule is C=C[C@@H]1C[C@]1(NC(=O)[C@@H]1C[C@@]2(CN1C(=O)[C@@H](NC(=O)C(NC(=O)c1cnn(-c3ccccc3)c1)C1CCCCC1)C(C)(C)C)C(C)(C)C21CCC1)C(=O)NS(=O)(=O)N1CCCC1. The first-order chi connectivity index (χ1) is 29.3. The van der Waals surface area contributed by atoms with Gasteiger partial charge in [-0.25, -0.2) is 9.40 Å². The number of para-hydroxylation sites is 1. The molecule has 2 spiro atoms. The van der Waals surface area contributed by atoms with Crippen molar-refractivity contribution in [3.63, 3.8) is 0 Å². The van der Waals surface area contributed by atoms with Gasteiger partial charge in [-0.2, -0.15) is 17.8 Å². The number of hydrogen-bond donors (Lipinski definition) is 4. The van der Waals surface area contributed by atoms with E-state index in [1.54, 1.807) is 21.9 Å². The van der Waals surface area contributed by atoms with Crippen molar-refractivity contribution in [1.29, 1.82) is 0 Å². The van der Waals surface area contributed by atoms with E-state index in [0.717, 1.165) is 57.1 Å². The summed E-state index contributed by atoms with van der Waals surface area (Å²) in [5, 5.41) is 13.5. The molecule has 6 fully saturated rings. The molecule has 336 valence electrons. The van der Waals surface area contributed by atoms with Crippen LogP contribution < -0.4 is 20.7 Å². The molecule has 1 aromatic heterocycles. The van der Waals surface area contributed by atoms with Gasteiger partial charge in [-0.05, 0) is 85.7 Å². The van der Waals surface area contributed by atoms with Gasteiger partial charge in [0.2, 0.25) is 17.7 Å². The number of rotatable bonds is 13.